The van der Waals surface area contributed by atoms with Crippen LogP contribution in [0.4, 0.5) is 18.9 Å². The highest BCUT2D eigenvalue weighted by Gasteiger charge is 2.30. The van der Waals surface area contributed by atoms with Gasteiger partial charge in [-0.3, -0.25) is 0 Å². The van der Waals surface area contributed by atoms with E-state index in [1.54, 1.807) is 31.2 Å². The molecule has 0 saturated carbocycles. The summed E-state index contributed by atoms with van der Waals surface area (Å²) in [7, 11) is 0. The number of aliphatic imine (C=N–C) groups is 1. The van der Waals surface area contributed by atoms with Gasteiger partial charge in [0.2, 0.25) is 0 Å². The van der Waals surface area contributed by atoms with E-state index in [4.69, 9.17) is 5.73 Å². The quantitative estimate of drug-likeness (QED) is 0.653. The van der Waals surface area contributed by atoms with Crippen molar-refractivity contribution in [2.45, 2.75) is 13.1 Å². The van der Waals surface area contributed by atoms with E-state index in [1.807, 2.05) is 6.07 Å². The predicted octanol–water partition coefficient (Wildman–Crippen LogP) is 4.05. The lowest BCUT2D eigenvalue weighted by Gasteiger charge is -2.09. The van der Waals surface area contributed by atoms with Gasteiger partial charge in [-0.1, -0.05) is 36.4 Å². The number of benzene rings is 2. The molecule has 2 rings (SSSR count). The Bertz CT molecular complexity index is 631. The summed E-state index contributed by atoms with van der Waals surface area (Å²) in [5, 5.41) is 0. The minimum absolute atomic E-state index is 0.188. The summed E-state index contributed by atoms with van der Waals surface area (Å²) in [6.45, 7) is 1.69. The molecule has 2 N–H and O–H groups in total. The molecule has 104 valence electrons. The van der Waals surface area contributed by atoms with E-state index in [0.29, 0.717) is 11.1 Å². The highest BCUT2D eigenvalue weighted by Crippen LogP contribution is 2.33. The Kier molecular flexibility index (Phi) is 3.79. The lowest BCUT2D eigenvalue weighted by atomic mass is 10.1. The zero-order valence-corrected chi connectivity index (χ0v) is 10.8. The maximum atomic E-state index is 12.7. The first-order valence-electron chi connectivity index (χ1n) is 5.95. The smallest absolute Gasteiger partial charge is 0.383 e. The third-order valence-electron chi connectivity index (χ3n) is 2.85. The van der Waals surface area contributed by atoms with Crippen LogP contribution in [0, 0.1) is 6.92 Å². The van der Waals surface area contributed by atoms with Crippen molar-refractivity contribution in [1.29, 1.82) is 0 Å². The number of rotatable bonds is 2. The molecule has 0 bridgehead atoms. The number of aryl methyl sites for hydroxylation is 1. The van der Waals surface area contributed by atoms with E-state index in [2.05, 4.69) is 4.99 Å². The van der Waals surface area contributed by atoms with Gasteiger partial charge >= 0.3 is 6.18 Å². The number of nitrogens with zero attached hydrogens (tertiary/aromatic N) is 1. The standard InChI is InChI=1S/C15H13F3N2/c1-10-7-8-12(15(16,17)18)9-13(10)20-14(19)11-5-3-2-4-6-11/h2-9H,1H3,(H2,19,20). The minimum Gasteiger partial charge on any atom is -0.383 e. The molecule has 0 aliphatic heterocycles. The second-order valence-corrected chi connectivity index (χ2v) is 4.36. The van der Waals surface area contributed by atoms with Crippen LogP contribution in [0.1, 0.15) is 16.7 Å². The zero-order valence-electron chi connectivity index (χ0n) is 10.8. The minimum atomic E-state index is -4.39. The van der Waals surface area contributed by atoms with Gasteiger partial charge in [0.25, 0.3) is 0 Å². The average Bonchev–Trinajstić information content (AvgIpc) is 2.41. The van der Waals surface area contributed by atoms with E-state index in [0.717, 1.165) is 12.1 Å². The molecule has 0 amide bonds. The van der Waals surface area contributed by atoms with Crippen molar-refractivity contribution in [2.24, 2.45) is 10.7 Å². The molecule has 0 fully saturated rings. The molecule has 20 heavy (non-hydrogen) atoms. The lowest BCUT2D eigenvalue weighted by Crippen LogP contribution is -2.12. The number of halogens is 3. The van der Waals surface area contributed by atoms with Crippen LogP contribution in [-0.2, 0) is 6.18 Å². The Morgan fingerprint density at radius 3 is 2.30 bits per heavy atom. The average molecular weight is 278 g/mol. The highest BCUT2D eigenvalue weighted by molar-refractivity contribution is 5.99. The molecular weight excluding hydrogens is 265 g/mol. The van der Waals surface area contributed by atoms with Crippen molar-refractivity contribution in [2.75, 3.05) is 0 Å². The number of alkyl halides is 3. The zero-order chi connectivity index (χ0) is 14.8. The Balaban J connectivity index is 2.43. The van der Waals surface area contributed by atoms with E-state index in [1.165, 1.54) is 6.07 Å². The molecule has 2 aromatic carbocycles. The van der Waals surface area contributed by atoms with Crippen molar-refractivity contribution in [1.82, 2.24) is 0 Å². The summed E-state index contributed by atoms with van der Waals surface area (Å²) in [6, 6.07) is 12.3. The summed E-state index contributed by atoms with van der Waals surface area (Å²) >= 11 is 0. The van der Waals surface area contributed by atoms with Crippen LogP contribution in [0.25, 0.3) is 0 Å². The van der Waals surface area contributed by atoms with Gasteiger partial charge in [0, 0.05) is 5.56 Å². The van der Waals surface area contributed by atoms with Crippen LogP contribution in [0.15, 0.2) is 53.5 Å². The summed E-state index contributed by atoms with van der Waals surface area (Å²) in [5.74, 6) is 0.188. The van der Waals surface area contributed by atoms with Gasteiger partial charge in [0.1, 0.15) is 5.84 Å². The van der Waals surface area contributed by atoms with E-state index in [-0.39, 0.29) is 11.5 Å². The van der Waals surface area contributed by atoms with Gasteiger partial charge in [-0.15, -0.1) is 0 Å². The maximum Gasteiger partial charge on any atom is 0.416 e. The van der Waals surface area contributed by atoms with Crippen molar-refractivity contribution >= 4 is 11.5 Å². The van der Waals surface area contributed by atoms with E-state index < -0.39 is 11.7 Å². The molecule has 0 radical (unpaired) electrons. The molecular formula is C15H13F3N2. The van der Waals surface area contributed by atoms with Crippen molar-refractivity contribution in [3.05, 3.63) is 65.2 Å². The summed E-state index contributed by atoms with van der Waals surface area (Å²) < 4.78 is 38.0. The van der Waals surface area contributed by atoms with Gasteiger partial charge in [0.15, 0.2) is 0 Å². The van der Waals surface area contributed by atoms with Crippen LogP contribution in [0.5, 0.6) is 0 Å². The third-order valence-corrected chi connectivity index (χ3v) is 2.85. The fourth-order valence-corrected chi connectivity index (χ4v) is 1.71. The lowest BCUT2D eigenvalue weighted by molar-refractivity contribution is -0.137. The molecule has 0 heterocycles. The molecule has 5 heteroatoms. The third kappa shape index (κ3) is 3.17. The van der Waals surface area contributed by atoms with E-state index >= 15 is 0 Å². The summed E-state index contributed by atoms with van der Waals surface area (Å²) in [4.78, 5) is 4.10. The maximum absolute atomic E-state index is 12.7. The van der Waals surface area contributed by atoms with Crippen LogP contribution in [0.2, 0.25) is 0 Å². The highest BCUT2D eigenvalue weighted by atomic mass is 19.4. The largest absolute Gasteiger partial charge is 0.416 e. The fraction of sp³-hybridized carbons (Fsp3) is 0.133. The topological polar surface area (TPSA) is 38.4 Å². The van der Waals surface area contributed by atoms with Crippen LogP contribution in [-0.4, -0.2) is 5.84 Å². The second-order valence-electron chi connectivity index (χ2n) is 4.36. The van der Waals surface area contributed by atoms with Gasteiger partial charge in [-0.2, -0.15) is 13.2 Å². The van der Waals surface area contributed by atoms with Crippen LogP contribution >= 0.6 is 0 Å². The molecule has 0 atom stereocenters. The molecule has 2 aromatic rings. The van der Waals surface area contributed by atoms with E-state index in [9.17, 15) is 13.2 Å². The molecule has 0 aliphatic carbocycles. The number of amidine groups is 1. The van der Waals surface area contributed by atoms with Crippen molar-refractivity contribution < 1.29 is 13.2 Å². The number of hydrogen-bond donors (Lipinski definition) is 1. The van der Waals surface area contributed by atoms with Crippen LogP contribution in [0.3, 0.4) is 0 Å². The SMILES string of the molecule is Cc1ccc(C(F)(F)F)cc1N=C(N)c1ccccc1. The Hall–Kier alpha value is -2.30. The first kappa shape index (κ1) is 14.1. The van der Waals surface area contributed by atoms with Crippen LogP contribution < -0.4 is 5.73 Å². The first-order valence-corrected chi connectivity index (χ1v) is 5.95. The second kappa shape index (κ2) is 5.36. The number of nitrogens with two attached hydrogens (primary N) is 1. The van der Waals surface area contributed by atoms with Gasteiger partial charge < -0.3 is 5.73 Å². The Morgan fingerprint density at radius 1 is 1.05 bits per heavy atom. The summed E-state index contributed by atoms with van der Waals surface area (Å²) in [6.07, 6.45) is -4.39. The Labute approximate surface area is 114 Å². The van der Waals surface area contributed by atoms with Crippen molar-refractivity contribution in [3.8, 4) is 0 Å². The molecule has 0 aliphatic rings. The van der Waals surface area contributed by atoms with Gasteiger partial charge in [-0.05, 0) is 24.6 Å². The molecule has 2 nitrogen and oxygen atoms in total. The van der Waals surface area contributed by atoms with Gasteiger partial charge in [-0.25, -0.2) is 4.99 Å². The molecule has 0 unspecified atom stereocenters. The number of hydrogen-bond acceptors (Lipinski definition) is 1. The Morgan fingerprint density at radius 2 is 1.70 bits per heavy atom. The predicted molar refractivity (Wildman–Crippen MR) is 73.0 cm³/mol. The normalized spacial score (nSPS) is 12.5. The monoisotopic (exact) mass is 278 g/mol. The fourth-order valence-electron chi connectivity index (χ4n) is 1.71. The molecule has 0 spiro atoms. The first-order chi connectivity index (χ1) is 9.38. The van der Waals surface area contributed by atoms with Gasteiger partial charge in [0.05, 0.1) is 11.3 Å². The molecule has 0 saturated heterocycles. The van der Waals surface area contributed by atoms with Crippen molar-refractivity contribution in [3.63, 3.8) is 0 Å². The molecule has 0 aromatic heterocycles. The summed E-state index contributed by atoms with van der Waals surface area (Å²) in [5.41, 5.74) is 6.62.